The molecule has 0 saturated carbocycles. The lowest BCUT2D eigenvalue weighted by Gasteiger charge is -2.32. The topological polar surface area (TPSA) is 58.6 Å². The highest BCUT2D eigenvalue weighted by Crippen LogP contribution is 2.23. The Hall–Kier alpha value is -2.53. The fourth-order valence-electron chi connectivity index (χ4n) is 3.36. The SMILES string of the molecule is COc1ccccc1CNC(=O)[C@@H]1CCCN(C(=O)c2ccccc2Cl)C1. The molecular formula is C21H23ClN2O3. The van der Waals surface area contributed by atoms with E-state index in [0.717, 1.165) is 24.2 Å². The minimum atomic E-state index is -0.222. The van der Waals surface area contributed by atoms with E-state index in [4.69, 9.17) is 16.3 Å². The monoisotopic (exact) mass is 386 g/mol. The summed E-state index contributed by atoms with van der Waals surface area (Å²) < 4.78 is 5.32. The summed E-state index contributed by atoms with van der Waals surface area (Å²) in [6.45, 7) is 1.44. The van der Waals surface area contributed by atoms with Crippen LogP contribution < -0.4 is 10.1 Å². The molecule has 5 nitrogen and oxygen atoms in total. The Bertz CT molecular complexity index is 825. The van der Waals surface area contributed by atoms with Crippen molar-refractivity contribution >= 4 is 23.4 Å². The Morgan fingerprint density at radius 2 is 1.93 bits per heavy atom. The van der Waals surface area contributed by atoms with Crippen LogP contribution in [0.15, 0.2) is 48.5 Å². The maximum Gasteiger partial charge on any atom is 0.255 e. The Morgan fingerprint density at radius 3 is 2.70 bits per heavy atom. The van der Waals surface area contributed by atoms with Gasteiger partial charge in [0.15, 0.2) is 0 Å². The van der Waals surface area contributed by atoms with Crippen LogP contribution in [0.1, 0.15) is 28.8 Å². The summed E-state index contributed by atoms with van der Waals surface area (Å²) in [6, 6.07) is 14.6. The maximum atomic E-state index is 12.7. The zero-order valence-corrected chi connectivity index (χ0v) is 16.0. The van der Waals surface area contributed by atoms with Crippen molar-refractivity contribution in [2.24, 2.45) is 5.92 Å². The highest BCUT2D eigenvalue weighted by atomic mass is 35.5. The van der Waals surface area contributed by atoms with Crippen molar-refractivity contribution in [2.45, 2.75) is 19.4 Å². The second kappa shape index (κ2) is 8.91. The Labute approximate surface area is 164 Å². The van der Waals surface area contributed by atoms with Crippen molar-refractivity contribution in [3.63, 3.8) is 0 Å². The summed E-state index contributed by atoms with van der Waals surface area (Å²) in [5, 5.41) is 3.41. The summed E-state index contributed by atoms with van der Waals surface area (Å²) in [7, 11) is 1.61. The molecular weight excluding hydrogens is 364 g/mol. The number of hydrogen-bond donors (Lipinski definition) is 1. The third-order valence-electron chi connectivity index (χ3n) is 4.83. The van der Waals surface area contributed by atoms with Gasteiger partial charge in [-0.3, -0.25) is 9.59 Å². The quantitative estimate of drug-likeness (QED) is 0.855. The van der Waals surface area contributed by atoms with Gasteiger partial charge in [-0.2, -0.15) is 0 Å². The van der Waals surface area contributed by atoms with E-state index < -0.39 is 0 Å². The first-order valence-electron chi connectivity index (χ1n) is 9.03. The molecule has 0 radical (unpaired) electrons. The first-order chi connectivity index (χ1) is 13.1. The van der Waals surface area contributed by atoms with Gasteiger partial charge < -0.3 is 15.0 Å². The molecule has 3 rings (SSSR count). The van der Waals surface area contributed by atoms with Crippen molar-refractivity contribution in [3.8, 4) is 5.75 Å². The largest absolute Gasteiger partial charge is 0.496 e. The van der Waals surface area contributed by atoms with Crippen LogP contribution in [0.25, 0.3) is 0 Å². The molecule has 0 aliphatic carbocycles. The molecule has 27 heavy (non-hydrogen) atoms. The highest BCUT2D eigenvalue weighted by molar-refractivity contribution is 6.33. The van der Waals surface area contributed by atoms with E-state index in [9.17, 15) is 9.59 Å². The van der Waals surface area contributed by atoms with Crippen molar-refractivity contribution < 1.29 is 14.3 Å². The van der Waals surface area contributed by atoms with Gasteiger partial charge in [0.2, 0.25) is 5.91 Å². The number of benzene rings is 2. The number of ether oxygens (including phenoxy) is 1. The first-order valence-corrected chi connectivity index (χ1v) is 9.41. The van der Waals surface area contributed by atoms with Gasteiger partial charge in [-0.1, -0.05) is 41.9 Å². The van der Waals surface area contributed by atoms with Gasteiger partial charge in [-0.25, -0.2) is 0 Å². The Kier molecular flexibility index (Phi) is 6.35. The number of likely N-dealkylation sites (tertiary alicyclic amines) is 1. The zero-order chi connectivity index (χ0) is 19.2. The predicted octanol–water partition coefficient (Wildman–Crippen LogP) is 3.52. The van der Waals surface area contributed by atoms with Crippen LogP contribution in [0, 0.1) is 5.92 Å². The first kappa shape index (κ1) is 19.2. The molecule has 1 atom stereocenters. The van der Waals surface area contributed by atoms with Gasteiger partial charge in [0.1, 0.15) is 5.75 Å². The molecule has 2 aromatic rings. The molecule has 0 bridgehead atoms. The molecule has 0 unspecified atom stereocenters. The molecule has 1 aliphatic rings. The molecule has 1 aliphatic heterocycles. The zero-order valence-electron chi connectivity index (χ0n) is 15.3. The number of para-hydroxylation sites is 1. The van der Waals surface area contributed by atoms with Crippen LogP contribution in [0.4, 0.5) is 0 Å². The lowest BCUT2D eigenvalue weighted by molar-refractivity contribution is -0.126. The molecule has 2 amide bonds. The molecule has 1 N–H and O–H groups in total. The standard InChI is InChI=1S/C21H23ClN2O3/c1-27-19-11-5-2-7-15(19)13-23-20(25)16-8-6-12-24(14-16)21(26)17-9-3-4-10-18(17)22/h2-5,7,9-11,16H,6,8,12-14H2,1H3,(H,23,25)/t16-/m1/s1. The number of nitrogens with one attached hydrogen (secondary N) is 1. The number of carbonyl (C=O) groups is 2. The number of piperidine rings is 1. The van der Waals surface area contributed by atoms with Crippen molar-refractivity contribution in [1.82, 2.24) is 10.2 Å². The van der Waals surface area contributed by atoms with Crippen LogP contribution in [0.2, 0.25) is 5.02 Å². The molecule has 2 aromatic carbocycles. The number of rotatable bonds is 5. The fraction of sp³-hybridized carbons (Fsp3) is 0.333. The molecule has 6 heteroatoms. The summed E-state index contributed by atoms with van der Waals surface area (Å²) in [4.78, 5) is 27.1. The van der Waals surface area contributed by atoms with E-state index in [1.165, 1.54) is 0 Å². The number of nitrogens with zero attached hydrogens (tertiary/aromatic N) is 1. The molecule has 0 spiro atoms. The second-order valence-corrected chi connectivity index (χ2v) is 7.01. The Balaban J connectivity index is 1.61. The molecule has 1 heterocycles. The highest BCUT2D eigenvalue weighted by Gasteiger charge is 2.29. The van der Waals surface area contributed by atoms with Crippen molar-refractivity contribution in [2.75, 3.05) is 20.2 Å². The van der Waals surface area contributed by atoms with Crippen molar-refractivity contribution in [3.05, 3.63) is 64.7 Å². The predicted molar refractivity (Wildman–Crippen MR) is 105 cm³/mol. The van der Waals surface area contributed by atoms with E-state index in [1.54, 1.807) is 36.3 Å². The summed E-state index contributed by atoms with van der Waals surface area (Å²) in [5.74, 6) is 0.359. The average molecular weight is 387 g/mol. The number of carbonyl (C=O) groups excluding carboxylic acids is 2. The van der Waals surface area contributed by atoms with Crippen LogP contribution >= 0.6 is 11.6 Å². The summed E-state index contributed by atoms with van der Waals surface area (Å²) in [6.07, 6.45) is 1.56. The number of hydrogen-bond acceptors (Lipinski definition) is 3. The second-order valence-electron chi connectivity index (χ2n) is 6.60. The lowest BCUT2D eigenvalue weighted by atomic mass is 9.96. The minimum absolute atomic E-state index is 0.0439. The fourth-order valence-corrected chi connectivity index (χ4v) is 3.57. The number of halogens is 1. The maximum absolute atomic E-state index is 12.7. The van der Waals surface area contributed by atoms with Gasteiger partial charge in [0.25, 0.3) is 5.91 Å². The van der Waals surface area contributed by atoms with E-state index in [0.29, 0.717) is 30.2 Å². The smallest absolute Gasteiger partial charge is 0.255 e. The molecule has 1 fully saturated rings. The summed E-state index contributed by atoms with van der Waals surface area (Å²) in [5.41, 5.74) is 1.41. The van der Waals surface area contributed by atoms with Crippen molar-refractivity contribution in [1.29, 1.82) is 0 Å². The summed E-state index contributed by atoms with van der Waals surface area (Å²) >= 11 is 6.14. The van der Waals surface area contributed by atoms with Gasteiger partial charge in [-0.05, 0) is 31.0 Å². The van der Waals surface area contributed by atoms with Crippen LogP contribution in [0.3, 0.4) is 0 Å². The van der Waals surface area contributed by atoms with Gasteiger partial charge in [-0.15, -0.1) is 0 Å². The van der Waals surface area contributed by atoms with Crippen LogP contribution in [-0.4, -0.2) is 36.9 Å². The van der Waals surface area contributed by atoms with E-state index >= 15 is 0 Å². The molecule has 1 saturated heterocycles. The average Bonchev–Trinajstić information content (AvgIpc) is 2.72. The number of amides is 2. The van der Waals surface area contributed by atoms with E-state index in [-0.39, 0.29) is 17.7 Å². The van der Waals surface area contributed by atoms with Crippen LogP contribution in [-0.2, 0) is 11.3 Å². The molecule has 0 aromatic heterocycles. The third kappa shape index (κ3) is 4.61. The normalized spacial score (nSPS) is 16.7. The van der Waals surface area contributed by atoms with Gasteiger partial charge >= 0.3 is 0 Å². The number of methoxy groups -OCH3 is 1. The lowest BCUT2D eigenvalue weighted by Crippen LogP contribution is -2.45. The van der Waals surface area contributed by atoms with Gasteiger partial charge in [0, 0.05) is 25.2 Å². The van der Waals surface area contributed by atoms with E-state index in [1.807, 2.05) is 24.3 Å². The van der Waals surface area contributed by atoms with Crippen LogP contribution in [0.5, 0.6) is 5.75 Å². The minimum Gasteiger partial charge on any atom is -0.496 e. The third-order valence-corrected chi connectivity index (χ3v) is 5.16. The van der Waals surface area contributed by atoms with E-state index in [2.05, 4.69) is 5.32 Å². The molecule has 142 valence electrons. The Morgan fingerprint density at radius 1 is 1.19 bits per heavy atom. The van der Waals surface area contributed by atoms with Gasteiger partial charge in [0.05, 0.1) is 23.6 Å².